The molecule has 98 valence electrons. The van der Waals surface area contributed by atoms with Crippen molar-refractivity contribution in [3.63, 3.8) is 0 Å². The molecule has 0 aliphatic heterocycles. The summed E-state index contributed by atoms with van der Waals surface area (Å²) in [5, 5.41) is 0. The summed E-state index contributed by atoms with van der Waals surface area (Å²) in [6, 6.07) is -0.371. The quantitative estimate of drug-likeness (QED) is 0.364. The van der Waals surface area contributed by atoms with Gasteiger partial charge in [-0.15, -0.1) is 0 Å². The lowest BCUT2D eigenvalue weighted by molar-refractivity contribution is -0.136. The second kappa shape index (κ2) is 8.74. The maximum Gasteiger partial charge on any atom is 0.389 e. The highest BCUT2D eigenvalue weighted by molar-refractivity contribution is 4.65. The third-order valence-corrected chi connectivity index (χ3v) is 2.05. The fourth-order valence-electron chi connectivity index (χ4n) is 1.12. The summed E-state index contributed by atoms with van der Waals surface area (Å²) in [5.74, 6) is 5.15. The average molecular weight is 244 g/mol. The van der Waals surface area contributed by atoms with E-state index in [4.69, 9.17) is 15.3 Å². The molecule has 0 fully saturated rings. The normalized spacial score (nSPS) is 14.1. The van der Waals surface area contributed by atoms with Crippen LogP contribution < -0.4 is 11.3 Å². The second-order valence-electron chi connectivity index (χ2n) is 3.41. The summed E-state index contributed by atoms with van der Waals surface area (Å²) < 4.78 is 45.7. The molecule has 0 radical (unpaired) electrons. The largest absolute Gasteiger partial charge is 0.389 e. The van der Waals surface area contributed by atoms with Crippen molar-refractivity contribution in [2.45, 2.75) is 31.5 Å². The number of rotatable bonds is 9. The van der Waals surface area contributed by atoms with Crippen LogP contribution in [0.5, 0.6) is 0 Å². The predicted molar refractivity (Wildman–Crippen MR) is 53.7 cm³/mol. The smallest absolute Gasteiger partial charge is 0.382 e. The van der Waals surface area contributed by atoms with Crippen molar-refractivity contribution in [2.75, 3.05) is 26.9 Å². The van der Waals surface area contributed by atoms with Crippen LogP contribution in [0.2, 0.25) is 0 Å². The first kappa shape index (κ1) is 15.6. The Balaban J connectivity index is 3.52. The Morgan fingerprint density at radius 1 is 1.19 bits per heavy atom. The van der Waals surface area contributed by atoms with E-state index >= 15 is 0 Å². The molecule has 4 nitrogen and oxygen atoms in total. The lowest BCUT2D eigenvalue weighted by atomic mass is 10.1. The maximum atomic E-state index is 11.9. The molecule has 1 atom stereocenters. The monoisotopic (exact) mass is 244 g/mol. The minimum absolute atomic E-state index is 0.0341. The summed E-state index contributed by atoms with van der Waals surface area (Å²) in [6.45, 7) is 1.28. The van der Waals surface area contributed by atoms with E-state index in [1.54, 1.807) is 7.11 Å². The summed E-state index contributed by atoms with van der Waals surface area (Å²) in [6.07, 6.45) is -4.55. The molecule has 0 rings (SSSR count). The highest BCUT2D eigenvalue weighted by atomic mass is 19.4. The Labute approximate surface area is 93.2 Å². The molecule has 0 aliphatic rings. The summed E-state index contributed by atoms with van der Waals surface area (Å²) >= 11 is 0. The van der Waals surface area contributed by atoms with Gasteiger partial charge in [-0.05, 0) is 12.8 Å². The van der Waals surface area contributed by atoms with E-state index in [0.717, 1.165) is 0 Å². The van der Waals surface area contributed by atoms with Gasteiger partial charge < -0.3 is 9.47 Å². The van der Waals surface area contributed by atoms with Crippen molar-refractivity contribution in [2.24, 2.45) is 5.84 Å². The molecule has 0 saturated carbocycles. The number of nitrogens with one attached hydrogen (secondary N) is 1. The van der Waals surface area contributed by atoms with Crippen molar-refractivity contribution in [3.8, 4) is 0 Å². The molecule has 0 aliphatic carbocycles. The third kappa shape index (κ3) is 10.2. The number of ether oxygens (including phenoxy) is 2. The molecule has 0 amide bonds. The van der Waals surface area contributed by atoms with Crippen molar-refractivity contribution >= 4 is 0 Å². The first-order chi connectivity index (χ1) is 7.49. The Bertz CT molecular complexity index is 167. The lowest BCUT2D eigenvalue weighted by Gasteiger charge is -2.16. The molecule has 0 bridgehead atoms. The van der Waals surface area contributed by atoms with E-state index in [9.17, 15) is 13.2 Å². The molecule has 7 heteroatoms. The summed E-state index contributed by atoms with van der Waals surface area (Å²) in [7, 11) is 1.55. The number of methoxy groups -OCH3 is 1. The highest BCUT2D eigenvalue weighted by Crippen LogP contribution is 2.22. The zero-order chi connectivity index (χ0) is 12.4. The van der Waals surface area contributed by atoms with Gasteiger partial charge in [0.1, 0.15) is 0 Å². The zero-order valence-electron chi connectivity index (χ0n) is 9.35. The van der Waals surface area contributed by atoms with Crippen molar-refractivity contribution in [1.29, 1.82) is 0 Å². The Hall–Kier alpha value is -0.370. The fourth-order valence-corrected chi connectivity index (χ4v) is 1.12. The van der Waals surface area contributed by atoms with E-state index in [0.29, 0.717) is 26.2 Å². The standard InChI is InChI=1S/C9H19F3N2O2/c1-15-6-7-16-5-3-8(14-13)2-4-9(10,11)12/h8,14H,2-7,13H2,1H3. The van der Waals surface area contributed by atoms with Crippen LogP contribution in [0.15, 0.2) is 0 Å². The molecule has 16 heavy (non-hydrogen) atoms. The van der Waals surface area contributed by atoms with Crippen LogP contribution in [-0.2, 0) is 9.47 Å². The number of alkyl halides is 3. The number of halogens is 3. The number of hydrazine groups is 1. The molecule has 0 aromatic heterocycles. The van der Waals surface area contributed by atoms with Gasteiger partial charge in [-0.2, -0.15) is 13.2 Å². The first-order valence-corrected chi connectivity index (χ1v) is 5.09. The van der Waals surface area contributed by atoms with Crippen LogP contribution in [-0.4, -0.2) is 39.1 Å². The van der Waals surface area contributed by atoms with Crippen LogP contribution in [0.25, 0.3) is 0 Å². The molecule has 0 heterocycles. The van der Waals surface area contributed by atoms with Crippen molar-refractivity contribution in [1.82, 2.24) is 5.43 Å². The lowest BCUT2D eigenvalue weighted by Crippen LogP contribution is -2.37. The maximum absolute atomic E-state index is 11.9. The van der Waals surface area contributed by atoms with E-state index in [2.05, 4.69) is 5.43 Å². The van der Waals surface area contributed by atoms with Gasteiger partial charge >= 0.3 is 6.18 Å². The van der Waals surface area contributed by atoms with Gasteiger partial charge in [0.05, 0.1) is 13.2 Å². The predicted octanol–water partition coefficient (Wildman–Crippen LogP) is 1.21. The Morgan fingerprint density at radius 3 is 2.38 bits per heavy atom. The molecule has 0 aromatic rings. The van der Waals surface area contributed by atoms with E-state index < -0.39 is 12.6 Å². The van der Waals surface area contributed by atoms with Crippen LogP contribution in [0.1, 0.15) is 19.3 Å². The molecule has 0 spiro atoms. The topological polar surface area (TPSA) is 56.5 Å². The second-order valence-corrected chi connectivity index (χ2v) is 3.41. The molecular formula is C9H19F3N2O2. The van der Waals surface area contributed by atoms with Gasteiger partial charge in [-0.3, -0.25) is 11.3 Å². The Kier molecular flexibility index (Phi) is 8.54. The Morgan fingerprint density at radius 2 is 1.88 bits per heavy atom. The SMILES string of the molecule is COCCOCCC(CCC(F)(F)F)NN. The van der Waals surface area contributed by atoms with Crippen molar-refractivity contribution < 1.29 is 22.6 Å². The van der Waals surface area contributed by atoms with Crippen LogP contribution in [0, 0.1) is 0 Å². The molecule has 3 N–H and O–H groups in total. The van der Waals surface area contributed by atoms with Gasteiger partial charge in [0.15, 0.2) is 0 Å². The van der Waals surface area contributed by atoms with Crippen LogP contribution in [0.4, 0.5) is 13.2 Å². The third-order valence-electron chi connectivity index (χ3n) is 2.05. The molecule has 1 unspecified atom stereocenters. The van der Waals surface area contributed by atoms with E-state index in [1.807, 2.05) is 0 Å². The molecular weight excluding hydrogens is 225 g/mol. The number of hydrogen-bond acceptors (Lipinski definition) is 4. The van der Waals surface area contributed by atoms with Crippen molar-refractivity contribution in [3.05, 3.63) is 0 Å². The van der Waals surface area contributed by atoms with Crippen LogP contribution in [0.3, 0.4) is 0 Å². The number of nitrogens with two attached hydrogens (primary N) is 1. The molecule has 0 saturated heterocycles. The van der Waals surface area contributed by atoms with Crippen LogP contribution >= 0.6 is 0 Å². The van der Waals surface area contributed by atoms with E-state index in [1.165, 1.54) is 0 Å². The first-order valence-electron chi connectivity index (χ1n) is 5.09. The average Bonchev–Trinajstić information content (AvgIpc) is 2.21. The molecule has 0 aromatic carbocycles. The minimum atomic E-state index is -4.13. The van der Waals surface area contributed by atoms with E-state index in [-0.39, 0.29) is 12.5 Å². The summed E-state index contributed by atoms with van der Waals surface area (Å²) in [5.41, 5.74) is 2.35. The number of hydrogen-bond donors (Lipinski definition) is 2. The van der Waals surface area contributed by atoms with Gasteiger partial charge in [-0.1, -0.05) is 0 Å². The van der Waals surface area contributed by atoms with Gasteiger partial charge in [0.2, 0.25) is 0 Å². The highest BCUT2D eigenvalue weighted by Gasteiger charge is 2.27. The van der Waals surface area contributed by atoms with Gasteiger partial charge in [0.25, 0.3) is 0 Å². The summed E-state index contributed by atoms with van der Waals surface area (Å²) in [4.78, 5) is 0. The fraction of sp³-hybridized carbons (Fsp3) is 1.00. The zero-order valence-corrected chi connectivity index (χ0v) is 9.35. The van der Waals surface area contributed by atoms with Gasteiger partial charge in [0, 0.05) is 26.2 Å². The minimum Gasteiger partial charge on any atom is -0.382 e. The van der Waals surface area contributed by atoms with Gasteiger partial charge in [-0.25, -0.2) is 0 Å².